The van der Waals surface area contributed by atoms with Gasteiger partial charge in [-0.25, -0.2) is 0 Å². The fourth-order valence-electron chi connectivity index (χ4n) is 5.12. The number of para-hydroxylation sites is 2. The van der Waals surface area contributed by atoms with Gasteiger partial charge >= 0.3 is 0 Å². The van der Waals surface area contributed by atoms with Crippen LogP contribution in [0.4, 0.5) is 0 Å². The zero-order valence-electron chi connectivity index (χ0n) is 20.7. The summed E-state index contributed by atoms with van der Waals surface area (Å²) in [6.45, 7) is 13.2. The van der Waals surface area contributed by atoms with E-state index in [1.165, 1.54) is 42.4 Å². The van der Waals surface area contributed by atoms with Crippen LogP contribution in [-0.2, 0) is 5.41 Å². The summed E-state index contributed by atoms with van der Waals surface area (Å²) in [6.07, 6.45) is 1.94. The minimum atomic E-state index is 0.115. The lowest BCUT2D eigenvalue weighted by Gasteiger charge is -2.18. The molecule has 0 aliphatic heterocycles. The fraction of sp³-hybridized carbons (Fsp3) is 0.156. The predicted molar refractivity (Wildman–Crippen MR) is 152 cm³/mol. The Morgan fingerprint density at radius 1 is 0.829 bits per heavy atom. The van der Waals surface area contributed by atoms with E-state index in [1.807, 2.05) is 17.5 Å². The lowest BCUT2D eigenvalue weighted by molar-refractivity contribution is -0.526. The molecule has 0 fully saturated rings. The number of benzene rings is 4. The molecule has 0 amide bonds. The second-order valence-corrected chi connectivity index (χ2v) is 11.3. The minimum Gasteiger partial charge on any atom is -0.195 e. The molecule has 0 saturated heterocycles. The van der Waals surface area contributed by atoms with Crippen molar-refractivity contribution in [3.8, 4) is 17.1 Å². The zero-order valence-corrected chi connectivity index (χ0v) is 21.5. The van der Waals surface area contributed by atoms with Gasteiger partial charge in [0.2, 0.25) is 0 Å². The van der Waals surface area contributed by atoms with Crippen LogP contribution in [0.25, 0.3) is 54.5 Å². The Balaban J connectivity index is 1.68. The van der Waals surface area contributed by atoms with E-state index in [9.17, 15) is 0 Å². The van der Waals surface area contributed by atoms with Crippen LogP contribution in [0.3, 0.4) is 0 Å². The van der Waals surface area contributed by atoms with E-state index in [1.54, 1.807) is 0 Å². The number of fused-ring (bicyclic) bond motifs is 4. The number of hydrogen-bond donors (Lipinski definition) is 0. The third kappa shape index (κ3) is 3.42. The molecule has 0 unspecified atom stereocenters. The van der Waals surface area contributed by atoms with Crippen LogP contribution in [-0.4, -0.2) is 4.57 Å². The van der Waals surface area contributed by atoms with Crippen LogP contribution in [0.5, 0.6) is 0 Å². The first-order chi connectivity index (χ1) is 16.9. The summed E-state index contributed by atoms with van der Waals surface area (Å²) in [5, 5.41) is 2.66. The summed E-state index contributed by atoms with van der Waals surface area (Å²) in [7, 11) is 0. The van der Waals surface area contributed by atoms with Gasteiger partial charge in [0.1, 0.15) is 5.69 Å². The van der Waals surface area contributed by atoms with Gasteiger partial charge in [-0.1, -0.05) is 69.8 Å². The first-order valence-electron chi connectivity index (χ1n) is 12.1. The van der Waals surface area contributed by atoms with Gasteiger partial charge in [-0.15, -0.1) is 11.3 Å². The molecule has 0 radical (unpaired) electrons. The van der Waals surface area contributed by atoms with Crippen LogP contribution in [0.2, 0.25) is 0 Å². The van der Waals surface area contributed by atoms with Crippen molar-refractivity contribution in [1.82, 2.24) is 4.57 Å². The van der Waals surface area contributed by atoms with E-state index >= 15 is 0 Å². The van der Waals surface area contributed by atoms with Crippen LogP contribution in [0.15, 0.2) is 91.5 Å². The van der Waals surface area contributed by atoms with Crippen LogP contribution < -0.4 is 4.57 Å². The highest BCUT2D eigenvalue weighted by Gasteiger charge is 2.28. The molecule has 0 N–H and O–H groups in total. The van der Waals surface area contributed by atoms with Gasteiger partial charge in [-0.2, -0.15) is 9.13 Å². The topological polar surface area (TPSA) is 8.81 Å². The molecule has 0 aliphatic carbocycles. The molecule has 3 heteroatoms. The summed E-state index contributed by atoms with van der Waals surface area (Å²) in [5.41, 5.74) is 7.39. The molecular weight excluding hydrogens is 444 g/mol. The maximum Gasteiger partial charge on any atom is 0.300 e. The van der Waals surface area contributed by atoms with Crippen LogP contribution >= 0.6 is 11.3 Å². The second kappa shape index (κ2) is 7.93. The molecule has 6 rings (SSSR count). The molecule has 0 saturated carbocycles. The first-order valence-corrected chi connectivity index (χ1v) is 12.9. The van der Waals surface area contributed by atoms with Crippen molar-refractivity contribution in [3.63, 3.8) is 0 Å². The number of aryl methyl sites for hydroxylation is 1. The van der Waals surface area contributed by atoms with Gasteiger partial charge in [0.05, 0.1) is 11.8 Å². The standard InChI is InChI=1S/C32H29N2S/c1-6-33-27-12-8-9-13-28(27)34(23-17-15-22(16-18-23)32(3,4)5)31(33)25-20-30-26(19-21(25)2)24-11-7-10-14-29(24)35-30/h6-20H,1H2,2-5H3/q+1. The first kappa shape index (κ1) is 21.8. The van der Waals surface area contributed by atoms with E-state index in [0.717, 1.165) is 17.0 Å². The van der Waals surface area contributed by atoms with E-state index in [0.29, 0.717) is 0 Å². The van der Waals surface area contributed by atoms with Gasteiger partial charge in [0.25, 0.3) is 5.82 Å². The quantitative estimate of drug-likeness (QED) is 0.227. The SMILES string of the molecule is C=C[n+]1c(-c2cc3sc4ccccc4c3cc2C)n(-c2ccc(C(C)(C)C)cc2)c2ccccc21. The fourth-order valence-corrected chi connectivity index (χ4v) is 6.25. The van der Waals surface area contributed by atoms with E-state index < -0.39 is 0 Å². The molecule has 0 aliphatic rings. The van der Waals surface area contributed by atoms with Crippen LogP contribution in [0, 0.1) is 6.92 Å². The molecule has 35 heavy (non-hydrogen) atoms. The Hall–Kier alpha value is -3.69. The third-order valence-electron chi connectivity index (χ3n) is 6.96. The molecular formula is C32H29N2S+. The smallest absolute Gasteiger partial charge is 0.195 e. The summed E-state index contributed by atoms with van der Waals surface area (Å²) in [6, 6.07) is 31.0. The average Bonchev–Trinajstić information content (AvgIpc) is 3.38. The van der Waals surface area contributed by atoms with Gasteiger partial charge in [-0.05, 0) is 65.9 Å². The molecule has 4 aromatic carbocycles. The van der Waals surface area contributed by atoms with Crippen molar-refractivity contribution in [2.24, 2.45) is 0 Å². The lowest BCUT2D eigenvalue weighted by Crippen LogP contribution is -2.28. The van der Waals surface area contributed by atoms with Crippen molar-refractivity contribution in [3.05, 3.63) is 103 Å². The molecule has 2 heterocycles. The molecule has 0 atom stereocenters. The highest BCUT2D eigenvalue weighted by Crippen LogP contribution is 2.39. The number of nitrogens with zero attached hydrogens (tertiary/aromatic N) is 2. The third-order valence-corrected chi connectivity index (χ3v) is 8.09. The Morgan fingerprint density at radius 3 is 2.29 bits per heavy atom. The predicted octanol–water partition coefficient (Wildman–Crippen LogP) is 8.66. The van der Waals surface area contributed by atoms with E-state index in [2.05, 4.69) is 128 Å². The lowest BCUT2D eigenvalue weighted by atomic mass is 9.87. The monoisotopic (exact) mass is 473 g/mol. The molecule has 2 aromatic heterocycles. The van der Waals surface area contributed by atoms with Crippen molar-refractivity contribution in [1.29, 1.82) is 0 Å². The maximum absolute atomic E-state index is 4.20. The molecule has 2 nitrogen and oxygen atoms in total. The summed E-state index contributed by atoms with van der Waals surface area (Å²) < 4.78 is 7.25. The van der Waals surface area contributed by atoms with Gasteiger partial charge < -0.3 is 0 Å². The van der Waals surface area contributed by atoms with Crippen molar-refractivity contribution in [2.75, 3.05) is 0 Å². The Morgan fingerprint density at radius 2 is 1.54 bits per heavy atom. The van der Waals surface area contributed by atoms with Crippen molar-refractivity contribution in [2.45, 2.75) is 33.1 Å². The Labute approximate surface area is 210 Å². The number of rotatable bonds is 3. The normalized spacial score (nSPS) is 12.1. The summed E-state index contributed by atoms with van der Waals surface area (Å²) in [5.74, 6) is 1.13. The van der Waals surface area contributed by atoms with Crippen molar-refractivity contribution < 1.29 is 4.57 Å². The highest BCUT2D eigenvalue weighted by molar-refractivity contribution is 7.25. The highest BCUT2D eigenvalue weighted by atomic mass is 32.1. The second-order valence-electron chi connectivity index (χ2n) is 10.3. The average molecular weight is 474 g/mol. The molecule has 0 spiro atoms. The molecule has 0 bridgehead atoms. The van der Waals surface area contributed by atoms with Gasteiger partial charge in [0.15, 0.2) is 11.0 Å². The molecule has 172 valence electrons. The van der Waals surface area contributed by atoms with E-state index in [-0.39, 0.29) is 5.41 Å². The number of thiophene rings is 1. The number of aromatic nitrogens is 2. The number of imidazole rings is 1. The number of hydrogen-bond acceptors (Lipinski definition) is 1. The van der Waals surface area contributed by atoms with Gasteiger partial charge in [-0.3, -0.25) is 0 Å². The zero-order chi connectivity index (χ0) is 24.3. The van der Waals surface area contributed by atoms with E-state index in [4.69, 9.17) is 0 Å². The summed E-state index contributed by atoms with van der Waals surface area (Å²) >= 11 is 1.86. The maximum atomic E-state index is 4.20. The minimum absolute atomic E-state index is 0.115. The Bertz CT molecular complexity index is 1740. The molecule has 6 aromatic rings. The largest absolute Gasteiger partial charge is 0.300 e. The Kier molecular flexibility index (Phi) is 4.94. The summed E-state index contributed by atoms with van der Waals surface area (Å²) in [4.78, 5) is 0. The van der Waals surface area contributed by atoms with Crippen molar-refractivity contribution >= 4 is 48.7 Å². The van der Waals surface area contributed by atoms with Crippen LogP contribution in [0.1, 0.15) is 31.9 Å². The van der Waals surface area contributed by atoms with Gasteiger partial charge in [0, 0.05) is 20.2 Å².